The molecule has 0 radical (unpaired) electrons. The Labute approximate surface area is 62.4 Å². The molecule has 0 bridgehead atoms. The van der Waals surface area contributed by atoms with Gasteiger partial charge in [0.05, 0.1) is 5.71 Å². The van der Waals surface area contributed by atoms with Crippen LogP contribution in [0.5, 0.6) is 0 Å². The van der Waals surface area contributed by atoms with Crippen LogP contribution >= 0.6 is 12.4 Å². The Morgan fingerprint density at radius 2 is 2.00 bits per heavy atom. The SMILES string of the molecule is CC(CC(C)C)=NO.Cl. The Bertz CT molecular complexity index is 91.1. The minimum absolute atomic E-state index is 0. The van der Waals surface area contributed by atoms with E-state index in [9.17, 15) is 0 Å². The summed E-state index contributed by atoms with van der Waals surface area (Å²) in [6, 6.07) is 0. The molecule has 9 heavy (non-hydrogen) atoms. The maximum atomic E-state index is 8.17. The van der Waals surface area contributed by atoms with Crippen molar-refractivity contribution >= 4 is 18.1 Å². The second-order valence-electron chi connectivity index (χ2n) is 2.43. The summed E-state index contributed by atoms with van der Waals surface area (Å²) in [5, 5.41) is 11.2. The molecule has 0 amide bonds. The molecule has 0 rings (SSSR count). The lowest BCUT2D eigenvalue weighted by Crippen LogP contribution is -1.96. The smallest absolute Gasteiger partial charge is 0.0542 e. The van der Waals surface area contributed by atoms with E-state index in [1.165, 1.54) is 0 Å². The lowest BCUT2D eigenvalue weighted by atomic mass is 10.1. The summed E-state index contributed by atoms with van der Waals surface area (Å²) in [6.07, 6.45) is 0.885. The van der Waals surface area contributed by atoms with Gasteiger partial charge in [-0.15, -0.1) is 12.4 Å². The van der Waals surface area contributed by atoms with E-state index in [1.807, 2.05) is 6.92 Å². The second-order valence-corrected chi connectivity index (χ2v) is 2.43. The molecule has 0 saturated carbocycles. The molecule has 0 fully saturated rings. The quantitative estimate of drug-likeness (QED) is 0.367. The molecular weight excluding hydrogens is 138 g/mol. The van der Waals surface area contributed by atoms with E-state index in [1.54, 1.807) is 0 Å². The van der Waals surface area contributed by atoms with E-state index in [2.05, 4.69) is 19.0 Å². The summed E-state index contributed by atoms with van der Waals surface area (Å²) in [5.41, 5.74) is 0.806. The highest BCUT2D eigenvalue weighted by molar-refractivity contribution is 5.85. The lowest BCUT2D eigenvalue weighted by Gasteiger charge is -1.99. The highest BCUT2D eigenvalue weighted by atomic mass is 35.5. The molecule has 0 aromatic rings. The largest absolute Gasteiger partial charge is 0.411 e. The molecule has 0 spiro atoms. The van der Waals surface area contributed by atoms with E-state index >= 15 is 0 Å². The van der Waals surface area contributed by atoms with Gasteiger partial charge in [-0.05, 0) is 19.3 Å². The van der Waals surface area contributed by atoms with Gasteiger partial charge in [0.15, 0.2) is 0 Å². The molecule has 0 aliphatic carbocycles. The average Bonchev–Trinajstić information content (AvgIpc) is 1.65. The maximum Gasteiger partial charge on any atom is 0.0542 e. The van der Waals surface area contributed by atoms with Crippen LogP contribution in [0.25, 0.3) is 0 Å². The van der Waals surface area contributed by atoms with Crippen molar-refractivity contribution in [1.29, 1.82) is 0 Å². The molecule has 1 N–H and O–H groups in total. The van der Waals surface area contributed by atoms with Crippen molar-refractivity contribution in [1.82, 2.24) is 0 Å². The van der Waals surface area contributed by atoms with Crippen molar-refractivity contribution in [3.63, 3.8) is 0 Å². The van der Waals surface area contributed by atoms with Crippen LogP contribution in [0.3, 0.4) is 0 Å². The van der Waals surface area contributed by atoms with E-state index in [-0.39, 0.29) is 12.4 Å². The first kappa shape index (κ1) is 11.5. The molecule has 56 valence electrons. The van der Waals surface area contributed by atoms with Crippen molar-refractivity contribution in [2.75, 3.05) is 0 Å². The zero-order valence-corrected chi connectivity index (χ0v) is 6.90. The number of hydrogen-bond acceptors (Lipinski definition) is 2. The number of nitrogens with zero attached hydrogens (tertiary/aromatic N) is 1. The Balaban J connectivity index is 0. The predicted octanol–water partition coefficient (Wildman–Crippen LogP) is 2.30. The van der Waals surface area contributed by atoms with Gasteiger partial charge in [-0.2, -0.15) is 0 Å². The third kappa shape index (κ3) is 7.76. The van der Waals surface area contributed by atoms with Crippen molar-refractivity contribution in [3.8, 4) is 0 Å². The van der Waals surface area contributed by atoms with Gasteiger partial charge in [-0.25, -0.2) is 0 Å². The number of halogens is 1. The van der Waals surface area contributed by atoms with Crippen LogP contribution in [-0.4, -0.2) is 10.9 Å². The van der Waals surface area contributed by atoms with Crippen LogP contribution in [0, 0.1) is 5.92 Å². The van der Waals surface area contributed by atoms with Crippen LogP contribution in [0.1, 0.15) is 27.2 Å². The van der Waals surface area contributed by atoms with E-state index < -0.39 is 0 Å². The molecule has 0 aliphatic rings. The summed E-state index contributed by atoms with van der Waals surface area (Å²) in [5.74, 6) is 0.589. The average molecular weight is 152 g/mol. The molecule has 0 unspecified atom stereocenters. The lowest BCUT2D eigenvalue weighted by molar-refractivity contribution is 0.316. The summed E-state index contributed by atoms with van der Waals surface area (Å²) < 4.78 is 0. The molecule has 0 aromatic heterocycles. The highest BCUT2D eigenvalue weighted by Gasteiger charge is 1.95. The molecular formula is C6H14ClNO. The molecule has 3 heteroatoms. The first-order valence-electron chi connectivity index (χ1n) is 2.84. The van der Waals surface area contributed by atoms with Gasteiger partial charge in [-0.3, -0.25) is 0 Å². The summed E-state index contributed by atoms with van der Waals surface area (Å²) >= 11 is 0. The summed E-state index contributed by atoms with van der Waals surface area (Å²) in [4.78, 5) is 0. The summed E-state index contributed by atoms with van der Waals surface area (Å²) in [6.45, 7) is 6.00. The fraction of sp³-hybridized carbons (Fsp3) is 0.833. The topological polar surface area (TPSA) is 32.6 Å². The monoisotopic (exact) mass is 151 g/mol. The van der Waals surface area contributed by atoms with E-state index in [0.29, 0.717) is 5.92 Å². The minimum Gasteiger partial charge on any atom is -0.411 e. The van der Waals surface area contributed by atoms with Crippen molar-refractivity contribution in [2.45, 2.75) is 27.2 Å². The Kier molecular flexibility index (Phi) is 7.55. The van der Waals surface area contributed by atoms with E-state index in [4.69, 9.17) is 5.21 Å². The van der Waals surface area contributed by atoms with Gasteiger partial charge in [0.1, 0.15) is 0 Å². The number of oxime groups is 1. The number of rotatable bonds is 2. The number of hydrogen-bond donors (Lipinski definition) is 1. The standard InChI is InChI=1S/C6H13NO.ClH/c1-5(2)4-6(3)7-8;/h5,8H,4H2,1-3H3;1H. The third-order valence-corrected chi connectivity index (χ3v) is 0.874. The maximum absolute atomic E-state index is 8.17. The molecule has 0 aromatic carbocycles. The molecule has 2 nitrogen and oxygen atoms in total. The van der Waals surface area contributed by atoms with Crippen molar-refractivity contribution in [3.05, 3.63) is 0 Å². The first-order valence-corrected chi connectivity index (χ1v) is 2.84. The zero-order valence-electron chi connectivity index (χ0n) is 6.09. The molecule has 0 aliphatic heterocycles. The van der Waals surface area contributed by atoms with Crippen molar-refractivity contribution in [2.24, 2.45) is 11.1 Å². The van der Waals surface area contributed by atoms with Gasteiger partial charge >= 0.3 is 0 Å². The van der Waals surface area contributed by atoms with Gasteiger partial charge < -0.3 is 5.21 Å². The van der Waals surface area contributed by atoms with Crippen LogP contribution in [0.4, 0.5) is 0 Å². The molecule has 0 heterocycles. The fourth-order valence-corrected chi connectivity index (χ4v) is 0.632. The second kappa shape index (κ2) is 5.89. The van der Waals surface area contributed by atoms with E-state index in [0.717, 1.165) is 12.1 Å². The Morgan fingerprint density at radius 3 is 2.11 bits per heavy atom. The van der Waals surface area contributed by atoms with Crippen LogP contribution in [0.2, 0.25) is 0 Å². The van der Waals surface area contributed by atoms with Gasteiger partial charge in [0, 0.05) is 0 Å². The minimum atomic E-state index is 0. The van der Waals surface area contributed by atoms with Gasteiger partial charge in [0.25, 0.3) is 0 Å². The fourth-order valence-electron chi connectivity index (χ4n) is 0.632. The summed E-state index contributed by atoms with van der Waals surface area (Å²) in [7, 11) is 0. The normalized spacial score (nSPS) is 11.3. The van der Waals surface area contributed by atoms with Gasteiger partial charge in [-0.1, -0.05) is 19.0 Å². The first-order chi connectivity index (χ1) is 3.66. The van der Waals surface area contributed by atoms with Crippen LogP contribution in [0.15, 0.2) is 5.16 Å². The molecule has 0 saturated heterocycles. The van der Waals surface area contributed by atoms with Gasteiger partial charge in [0.2, 0.25) is 0 Å². The molecule has 0 atom stereocenters. The predicted molar refractivity (Wildman–Crippen MR) is 41.6 cm³/mol. The van der Waals surface area contributed by atoms with Crippen LogP contribution < -0.4 is 0 Å². The zero-order chi connectivity index (χ0) is 6.57. The Morgan fingerprint density at radius 1 is 1.56 bits per heavy atom. The third-order valence-electron chi connectivity index (χ3n) is 0.874. The van der Waals surface area contributed by atoms with Crippen LogP contribution in [-0.2, 0) is 0 Å². The van der Waals surface area contributed by atoms with Crippen molar-refractivity contribution < 1.29 is 5.21 Å². The Hall–Kier alpha value is -0.240. The highest BCUT2D eigenvalue weighted by Crippen LogP contribution is 1.99.